The molecule has 1 fully saturated rings. The first-order chi connectivity index (χ1) is 7.20. The van der Waals surface area contributed by atoms with E-state index >= 15 is 0 Å². The van der Waals surface area contributed by atoms with Crippen LogP contribution in [0.2, 0.25) is 0 Å². The average Bonchev–Trinajstić information content (AvgIpc) is 2.77. The molecule has 88 valence electrons. The smallest absolute Gasteiger partial charge is 0.156 e. The number of aliphatic hydroxyl groups excluding tert-OH is 1. The van der Waals surface area contributed by atoms with Crippen LogP contribution in [-0.2, 0) is 0 Å². The summed E-state index contributed by atoms with van der Waals surface area (Å²) in [5.41, 5.74) is 5.59. The van der Waals surface area contributed by atoms with Gasteiger partial charge >= 0.3 is 0 Å². The minimum Gasteiger partial charge on any atom is -0.409 e. The van der Waals surface area contributed by atoms with Gasteiger partial charge in [0.05, 0.1) is 12.6 Å². The van der Waals surface area contributed by atoms with Gasteiger partial charge in [-0.15, -0.1) is 0 Å². The Hall–Kier alpha value is -0.810. The summed E-state index contributed by atoms with van der Waals surface area (Å²) in [5.74, 6) is 0.218. The summed E-state index contributed by atoms with van der Waals surface area (Å²) in [6, 6.07) is 0.359. The maximum Gasteiger partial charge on any atom is 0.156 e. The molecule has 1 unspecified atom stereocenters. The van der Waals surface area contributed by atoms with Crippen molar-refractivity contribution in [2.75, 3.05) is 13.2 Å². The van der Waals surface area contributed by atoms with E-state index in [2.05, 4.69) is 10.1 Å². The molecule has 0 aromatic rings. The summed E-state index contributed by atoms with van der Waals surface area (Å²) < 4.78 is 0. The van der Waals surface area contributed by atoms with Crippen LogP contribution in [0.1, 0.15) is 32.6 Å². The maximum atomic E-state index is 9.02. The lowest BCUT2D eigenvalue weighted by Gasteiger charge is -2.33. The highest BCUT2D eigenvalue weighted by Crippen LogP contribution is 2.24. The molecular formula is C10H21N3O2. The van der Waals surface area contributed by atoms with Gasteiger partial charge in [0.15, 0.2) is 5.84 Å². The predicted molar refractivity (Wildman–Crippen MR) is 58.9 cm³/mol. The molecular weight excluding hydrogens is 194 g/mol. The van der Waals surface area contributed by atoms with E-state index in [1.165, 1.54) is 12.8 Å². The number of nitrogens with zero attached hydrogens (tertiary/aromatic N) is 2. The summed E-state index contributed by atoms with van der Waals surface area (Å²) in [7, 11) is 0. The molecule has 0 aromatic carbocycles. The van der Waals surface area contributed by atoms with Crippen molar-refractivity contribution < 1.29 is 10.3 Å². The van der Waals surface area contributed by atoms with Crippen molar-refractivity contribution in [3.05, 3.63) is 0 Å². The topological polar surface area (TPSA) is 82.1 Å². The molecule has 0 aliphatic heterocycles. The molecule has 5 nitrogen and oxygen atoms in total. The molecule has 1 aliphatic rings. The standard InChI is InChI=1S/C10H21N3O2/c1-8(10(11)12-15)13(6-7-14)9-4-2-3-5-9/h8-9,14-15H,2-7H2,1H3,(H2,11,12). The third-order valence-electron chi connectivity index (χ3n) is 3.19. The van der Waals surface area contributed by atoms with Crippen LogP contribution in [0.25, 0.3) is 0 Å². The lowest BCUT2D eigenvalue weighted by molar-refractivity contribution is 0.136. The molecule has 0 aromatic heterocycles. The number of oxime groups is 1. The zero-order valence-electron chi connectivity index (χ0n) is 9.26. The number of nitrogens with two attached hydrogens (primary N) is 1. The fraction of sp³-hybridized carbons (Fsp3) is 0.900. The fourth-order valence-corrected chi connectivity index (χ4v) is 2.30. The summed E-state index contributed by atoms with van der Waals surface area (Å²) in [6.07, 6.45) is 4.75. The maximum absolute atomic E-state index is 9.02. The molecule has 4 N–H and O–H groups in total. The molecule has 0 bridgehead atoms. The predicted octanol–water partition coefficient (Wildman–Crippen LogP) is 0.358. The average molecular weight is 215 g/mol. The van der Waals surface area contributed by atoms with Crippen LogP contribution in [0.5, 0.6) is 0 Å². The van der Waals surface area contributed by atoms with Crippen LogP contribution in [0.3, 0.4) is 0 Å². The largest absolute Gasteiger partial charge is 0.409 e. The molecule has 1 aliphatic carbocycles. The molecule has 0 saturated heterocycles. The molecule has 0 amide bonds. The molecule has 0 spiro atoms. The van der Waals surface area contributed by atoms with Gasteiger partial charge in [0.2, 0.25) is 0 Å². The Kier molecular flexibility index (Phi) is 4.84. The molecule has 0 radical (unpaired) electrons. The quantitative estimate of drug-likeness (QED) is 0.268. The first-order valence-electron chi connectivity index (χ1n) is 5.54. The summed E-state index contributed by atoms with van der Waals surface area (Å²) in [6.45, 7) is 2.60. The van der Waals surface area contributed by atoms with Gasteiger partial charge in [-0.3, -0.25) is 4.90 Å². The highest BCUT2D eigenvalue weighted by Gasteiger charge is 2.27. The third-order valence-corrected chi connectivity index (χ3v) is 3.19. The van der Waals surface area contributed by atoms with Crippen LogP contribution in [0.4, 0.5) is 0 Å². The number of hydrogen-bond acceptors (Lipinski definition) is 4. The van der Waals surface area contributed by atoms with Crippen molar-refractivity contribution in [1.82, 2.24) is 4.90 Å². The van der Waals surface area contributed by atoms with Crippen molar-refractivity contribution in [2.45, 2.75) is 44.7 Å². The van der Waals surface area contributed by atoms with Gasteiger partial charge in [-0.2, -0.15) is 0 Å². The van der Waals surface area contributed by atoms with E-state index in [1.807, 2.05) is 6.92 Å². The van der Waals surface area contributed by atoms with Crippen molar-refractivity contribution in [2.24, 2.45) is 10.9 Å². The SMILES string of the molecule is CC(C(N)=NO)N(CCO)C1CCCC1. The molecule has 1 saturated carbocycles. The van der Waals surface area contributed by atoms with E-state index < -0.39 is 0 Å². The second-order valence-corrected chi connectivity index (χ2v) is 4.10. The Balaban J connectivity index is 2.63. The van der Waals surface area contributed by atoms with E-state index in [-0.39, 0.29) is 18.5 Å². The van der Waals surface area contributed by atoms with Crippen molar-refractivity contribution in [3.8, 4) is 0 Å². The minimum absolute atomic E-state index is 0.106. The van der Waals surface area contributed by atoms with Crippen molar-refractivity contribution in [3.63, 3.8) is 0 Å². The number of aliphatic hydroxyl groups is 1. The summed E-state index contributed by atoms with van der Waals surface area (Å²) in [5, 5.41) is 20.7. The van der Waals surface area contributed by atoms with Crippen LogP contribution in [0.15, 0.2) is 5.16 Å². The van der Waals surface area contributed by atoms with Crippen LogP contribution >= 0.6 is 0 Å². The Bertz CT molecular complexity index is 215. The third kappa shape index (κ3) is 3.07. The fourth-order valence-electron chi connectivity index (χ4n) is 2.30. The van der Waals surface area contributed by atoms with E-state index in [1.54, 1.807) is 0 Å². The van der Waals surface area contributed by atoms with Crippen LogP contribution < -0.4 is 5.73 Å². The van der Waals surface area contributed by atoms with Crippen LogP contribution in [0, 0.1) is 0 Å². The highest BCUT2D eigenvalue weighted by molar-refractivity contribution is 5.84. The Morgan fingerprint density at radius 1 is 1.53 bits per heavy atom. The normalized spacial score (nSPS) is 21.1. The number of hydrogen-bond donors (Lipinski definition) is 3. The Morgan fingerprint density at radius 3 is 2.60 bits per heavy atom. The minimum atomic E-state index is -0.106. The molecule has 5 heteroatoms. The Labute approximate surface area is 90.6 Å². The number of amidine groups is 1. The monoisotopic (exact) mass is 215 g/mol. The number of rotatable bonds is 5. The van der Waals surface area contributed by atoms with Gasteiger partial charge in [0, 0.05) is 12.6 Å². The molecule has 1 atom stereocenters. The van der Waals surface area contributed by atoms with Gasteiger partial charge in [0.1, 0.15) is 0 Å². The van der Waals surface area contributed by atoms with Gasteiger partial charge in [0.25, 0.3) is 0 Å². The lowest BCUT2D eigenvalue weighted by Crippen LogP contribution is -2.48. The molecule has 1 rings (SSSR count). The zero-order chi connectivity index (χ0) is 11.3. The molecule has 0 heterocycles. The zero-order valence-corrected chi connectivity index (χ0v) is 9.26. The second-order valence-electron chi connectivity index (χ2n) is 4.10. The Morgan fingerprint density at radius 2 is 2.13 bits per heavy atom. The second kappa shape index (κ2) is 5.92. The van der Waals surface area contributed by atoms with Crippen molar-refractivity contribution in [1.29, 1.82) is 0 Å². The molecule has 15 heavy (non-hydrogen) atoms. The van der Waals surface area contributed by atoms with Gasteiger partial charge in [-0.1, -0.05) is 18.0 Å². The van der Waals surface area contributed by atoms with Gasteiger partial charge in [-0.25, -0.2) is 0 Å². The summed E-state index contributed by atoms with van der Waals surface area (Å²) in [4.78, 5) is 2.13. The van der Waals surface area contributed by atoms with E-state index in [4.69, 9.17) is 16.0 Å². The van der Waals surface area contributed by atoms with Crippen molar-refractivity contribution >= 4 is 5.84 Å². The van der Waals surface area contributed by atoms with Gasteiger partial charge in [-0.05, 0) is 19.8 Å². The van der Waals surface area contributed by atoms with E-state index in [0.29, 0.717) is 12.6 Å². The highest BCUT2D eigenvalue weighted by atomic mass is 16.4. The summed E-state index contributed by atoms with van der Waals surface area (Å²) >= 11 is 0. The van der Waals surface area contributed by atoms with Gasteiger partial charge < -0.3 is 16.0 Å². The van der Waals surface area contributed by atoms with E-state index in [0.717, 1.165) is 12.8 Å². The first-order valence-corrected chi connectivity index (χ1v) is 5.54. The lowest BCUT2D eigenvalue weighted by atomic mass is 10.1. The van der Waals surface area contributed by atoms with E-state index in [9.17, 15) is 0 Å². The first kappa shape index (κ1) is 12.3. The van der Waals surface area contributed by atoms with Crippen LogP contribution in [-0.4, -0.2) is 46.3 Å².